The Bertz CT molecular complexity index is 1090. The normalized spacial score (nSPS) is 14.2. The van der Waals surface area contributed by atoms with Crippen molar-refractivity contribution in [3.8, 4) is 0 Å². The van der Waals surface area contributed by atoms with Gasteiger partial charge in [0.05, 0.1) is 29.0 Å². The number of amides is 2. The summed E-state index contributed by atoms with van der Waals surface area (Å²) in [5.74, 6) is 0.348. The maximum Gasteiger partial charge on any atom is 0.253 e. The van der Waals surface area contributed by atoms with Crippen LogP contribution in [0.3, 0.4) is 0 Å². The van der Waals surface area contributed by atoms with Gasteiger partial charge in [-0.05, 0) is 55.3 Å². The molecule has 0 atom stereocenters. The molecule has 2 amide bonds. The Hall–Kier alpha value is -2.96. The zero-order chi connectivity index (χ0) is 22.5. The number of benzene rings is 2. The minimum absolute atomic E-state index is 0.0328. The molecule has 0 unspecified atom stereocenters. The van der Waals surface area contributed by atoms with Crippen molar-refractivity contribution in [1.29, 1.82) is 0 Å². The lowest BCUT2D eigenvalue weighted by Crippen LogP contribution is -2.45. The topological polar surface area (TPSA) is 74.6 Å². The molecule has 2 heterocycles. The van der Waals surface area contributed by atoms with Crippen molar-refractivity contribution in [1.82, 2.24) is 10.6 Å². The van der Waals surface area contributed by atoms with Crippen molar-refractivity contribution < 1.29 is 14.0 Å². The standard InChI is InChI=1S/C24H23Cl2N3O3/c25-16-7-8-19(21(26)14-16)24(31)28-17-9-11-29(12-10-17)22-6-2-1-5-20(22)23(30)27-15-18-4-3-13-32-18/h1-8,13-14,17H,9-12,15H2,(H,27,30)(H,28,31). The predicted octanol–water partition coefficient (Wildman–Crippen LogP) is 4.92. The Labute approximate surface area is 196 Å². The van der Waals surface area contributed by atoms with Gasteiger partial charge in [0.15, 0.2) is 0 Å². The fraction of sp³-hybridized carbons (Fsp3) is 0.250. The third-order valence-electron chi connectivity index (χ3n) is 5.50. The summed E-state index contributed by atoms with van der Waals surface area (Å²) in [4.78, 5) is 27.5. The first kappa shape index (κ1) is 22.2. The number of furan rings is 1. The van der Waals surface area contributed by atoms with Crippen LogP contribution in [0.2, 0.25) is 10.0 Å². The zero-order valence-electron chi connectivity index (χ0n) is 17.3. The summed E-state index contributed by atoms with van der Waals surface area (Å²) >= 11 is 12.1. The average Bonchev–Trinajstić information content (AvgIpc) is 3.32. The lowest BCUT2D eigenvalue weighted by atomic mass is 10.0. The lowest BCUT2D eigenvalue weighted by molar-refractivity contribution is 0.0929. The summed E-state index contributed by atoms with van der Waals surface area (Å²) in [5, 5.41) is 6.79. The van der Waals surface area contributed by atoms with E-state index in [2.05, 4.69) is 15.5 Å². The number of halogens is 2. The second-order valence-electron chi connectivity index (χ2n) is 7.64. The van der Waals surface area contributed by atoms with Crippen LogP contribution in [0.4, 0.5) is 5.69 Å². The first-order valence-electron chi connectivity index (χ1n) is 10.4. The predicted molar refractivity (Wildman–Crippen MR) is 125 cm³/mol. The minimum Gasteiger partial charge on any atom is -0.467 e. The molecule has 4 rings (SSSR count). The molecule has 166 valence electrons. The first-order chi connectivity index (χ1) is 15.5. The van der Waals surface area contributed by atoms with Gasteiger partial charge in [0.25, 0.3) is 11.8 Å². The van der Waals surface area contributed by atoms with Gasteiger partial charge in [-0.1, -0.05) is 35.3 Å². The number of nitrogens with one attached hydrogen (secondary N) is 2. The van der Waals surface area contributed by atoms with Crippen molar-refractivity contribution in [2.24, 2.45) is 0 Å². The Morgan fingerprint density at radius 1 is 0.969 bits per heavy atom. The molecule has 32 heavy (non-hydrogen) atoms. The number of nitrogens with zero attached hydrogens (tertiary/aromatic N) is 1. The summed E-state index contributed by atoms with van der Waals surface area (Å²) in [6, 6.07) is 16.0. The van der Waals surface area contributed by atoms with Gasteiger partial charge in [-0.15, -0.1) is 0 Å². The number of para-hydroxylation sites is 1. The van der Waals surface area contributed by atoms with E-state index in [0.29, 0.717) is 33.5 Å². The van der Waals surface area contributed by atoms with Crippen LogP contribution >= 0.6 is 23.2 Å². The fourth-order valence-electron chi connectivity index (χ4n) is 3.82. The van der Waals surface area contributed by atoms with E-state index >= 15 is 0 Å². The molecule has 0 saturated carbocycles. The number of hydrogen-bond donors (Lipinski definition) is 2. The third kappa shape index (κ3) is 5.26. The highest BCUT2D eigenvalue weighted by atomic mass is 35.5. The molecule has 3 aromatic rings. The monoisotopic (exact) mass is 471 g/mol. The molecule has 1 aliphatic rings. The zero-order valence-corrected chi connectivity index (χ0v) is 18.8. The van der Waals surface area contributed by atoms with Crippen LogP contribution in [0.1, 0.15) is 39.3 Å². The van der Waals surface area contributed by atoms with Crippen LogP contribution < -0.4 is 15.5 Å². The summed E-state index contributed by atoms with van der Waals surface area (Å²) < 4.78 is 5.28. The van der Waals surface area contributed by atoms with Gasteiger partial charge in [-0.3, -0.25) is 9.59 Å². The van der Waals surface area contributed by atoms with Gasteiger partial charge in [-0.2, -0.15) is 0 Å². The number of carbonyl (C=O) groups is 2. The van der Waals surface area contributed by atoms with Crippen molar-refractivity contribution in [2.45, 2.75) is 25.4 Å². The second-order valence-corrected chi connectivity index (χ2v) is 8.48. The molecule has 1 saturated heterocycles. The molecule has 6 nitrogen and oxygen atoms in total. The number of piperidine rings is 1. The Morgan fingerprint density at radius 3 is 2.47 bits per heavy atom. The lowest BCUT2D eigenvalue weighted by Gasteiger charge is -2.35. The number of carbonyl (C=O) groups excluding carboxylic acids is 2. The maximum absolute atomic E-state index is 12.8. The van der Waals surface area contributed by atoms with Gasteiger partial charge >= 0.3 is 0 Å². The number of rotatable bonds is 6. The maximum atomic E-state index is 12.8. The smallest absolute Gasteiger partial charge is 0.253 e. The SMILES string of the molecule is O=C(NC1CCN(c2ccccc2C(=O)NCc2ccco2)CC1)c1ccc(Cl)cc1Cl. The van der Waals surface area contributed by atoms with Crippen LogP contribution in [0.25, 0.3) is 0 Å². The average molecular weight is 472 g/mol. The molecule has 8 heteroatoms. The summed E-state index contributed by atoms with van der Waals surface area (Å²) in [5.41, 5.74) is 1.92. The van der Waals surface area contributed by atoms with Crippen LogP contribution in [0.5, 0.6) is 0 Å². The van der Waals surface area contributed by atoms with E-state index in [-0.39, 0.29) is 17.9 Å². The molecule has 2 N–H and O–H groups in total. The largest absolute Gasteiger partial charge is 0.467 e. The van der Waals surface area contributed by atoms with Gasteiger partial charge in [0, 0.05) is 29.8 Å². The molecule has 1 aliphatic heterocycles. The van der Waals surface area contributed by atoms with Crippen LogP contribution in [-0.4, -0.2) is 30.9 Å². The van der Waals surface area contributed by atoms with E-state index in [4.69, 9.17) is 27.6 Å². The van der Waals surface area contributed by atoms with E-state index in [0.717, 1.165) is 31.6 Å². The quantitative estimate of drug-likeness (QED) is 0.535. The van der Waals surface area contributed by atoms with Crippen molar-refractivity contribution in [2.75, 3.05) is 18.0 Å². The van der Waals surface area contributed by atoms with Crippen molar-refractivity contribution in [3.63, 3.8) is 0 Å². The molecule has 0 bridgehead atoms. The van der Waals surface area contributed by atoms with Crippen molar-refractivity contribution in [3.05, 3.63) is 87.8 Å². The van der Waals surface area contributed by atoms with Gasteiger partial charge < -0.3 is 20.0 Å². The summed E-state index contributed by atoms with van der Waals surface area (Å²) in [7, 11) is 0. The molecule has 0 spiro atoms. The van der Waals surface area contributed by atoms with Crippen LogP contribution in [0, 0.1) is 0 Å². The minimum atomic E-state index is -0.206. The van der Waals surface area contributed by atoms with Crippen LogP contribution in [-0.2, 0) is 6.54 Å². The van der Waals surface area contributed by atoms with Gasteiger partial charge in [0.2, 0.25) is 0 Å². The molecule has 1 aromatic heterocycles. The van der Waals surface area contributed by atoms with E-state index in [1.54, 1.807) is 30.5 Å². The first-order valence-corrected chi connectivity index (χ1v) is 11.2. The Balaban J connectivity index is 1.36. The summed E-state index contributed by atoms with van der Waals surface area (Å²) in [6.45, 7) is 1.78. The molecular weight excluding hydrogens is 449 g/mol. The van der Waals surface area contributed by atoms with Crippen molar-refractivity contribution >= 4 is 40.7 Å². The van der Waals surface area contributed by atoms with Gasteiger partial charge in [0.1, 0.15) is 5.76 Å². The van der Waals surface area contributed by atoms with E-state index in [9.17, 15) is 9.59 Å². The fourth-order valence-corrected chi connectivity index (χ4v) is 4.31. The second kappa shape index (κ2) is 10.1. The molecule has 0 radical (unpaired) electrons. The third-order valence-corrected chi connectivity index (χ3v) is 6.05. The highest BCUT2D eigenvalue weighted by Crippen LogP contribution is 2.25. The summed E-state index contributed by atoms with van der Waals surface area (Å²) in [6.07, 6.45) is 3.11. The van der Waals surface area contributed by atoms with Gasteiger partial charge in [-0.25, -0.2) is 0 Å². The Morgan fingerprint density at radius 2 is 1.75 bits per heavy atom. The van der Waals surface area contributed by atoms with E-state index in [1.807, 2.05) is 30.3 Å². The highest BCUT2D eigenvalue weighted by Gasteiger charge is 2.24. The highest BCUT2D eigenvalue weighted by molar-refractivity contribution is 6.36. The Kier molecular flexibility index (Phi) is 7.02. The molecule has 0 aliphatic carbocycles. The number of anilines is 1. The molecular formula is C24H23Cl2N3O3. The number of hydrogen-bond acceptors (Lipinski definition) is 4. The van der Waals surface area contributed by atoms with Crippen LogP contribution in [0.15, 0.2) is 65.3 Å². The molecule has 2 aromatic carbocycles. The van der Waals surface area contributed by atoms with E-state index in [1.165, 1.54) is 0 Å². The van der Waals surface area contributed by atoms with E-state index < -0.39 is 0 Å². The molecule has 1 fully saturated rings.